The molecule has 1 N–H and O–H groups in total. The average molecular weight is 485 g/mol. The summed E-state index contributed by atoms with van der Waals surface area (Å²) in [5, 5.41) is 6.30. The van der Waals surface area contributed by atoms with Crippen LogP contribution in [0.25, 0.3) is 0 Å². The van der Waals surface area contributed by atoms with Crippen molar-refractivity contribution in [2.45, 2.75) is 82.4 Å². The fraction of sp³-hybridized carbons (Fsp3) is 0.800. The van der Waals surface area contributed by atoms with E-state index in [-0.39, 0.29) is 18.8 Å². The number of alkyl halides is 3. The van der Waals surface area contributed by atoms with Crippen LogP contribution in [0.2, 0.25) is 0 Å². The molecule has 32 heavy (non-hydrogen) atoms. The number of hydrogen-bond donors (Lipinski definition) is 1. The number of aromatic nitrogens is 1. The van der Waals surface area contributed by atoms with Crippen molar-refractivity contribution in [1.29, 1.82) is 0 Å². The van der Waals surface area contributed by atoms with Gasteiger partial charge in [0, 0.05) is 24.5 Å². The summed E-state index contributed by atoms with van der Waals surface area (Å²) in [5.41, 5.74) is -0.0959. The molecule has 1 saturated heterocycles. The SMILES string of the molecule is CC(C)(COC1CCCCO1)c1cc(NC(=O)C(C)(C)S(=O)(=O)CCCC(F)(F)F)on1. The summed E-state index contributed by atoms with van der Waals surface area (Å²) in [6.07, 6.45) is -3.76. The molecular formula is C20H31F3N2O6S. The number of nitrogens with one attached hydrogen (secondary N) is 1. The largest absolute Gasteiger partial charge is 0.389 e. The Morgan fingerprint density at radius 1 is 1.25 bits per heavy atom. The van der Waals surface area contributed by atoms with Crippen molar-refractivity contribution < 1.29 is 40.4 Å². The average Bonchev–Trinajstić information content (AvgIpc) is 3.15. The molecule has 1 fully saturated rings. The highest BCUT2D eigenvalue weighted by Gasteiger charge is 2.42. The van der Waals surface area contributed by atoms with Gasteiger partial charge in [0.25, 0.3) is 0 Å². The normalized spacial score (nSPS) is 18.5. The van der Waals surface area contributed by atoms with E-state index in [1.807, 2.05) is 13.8 Å². The maximum absolute atomic E-state index is 12.6. The molecular weight excluding hydrogens is 453 g/mol. The summed E-state index contributed by atoms with van der Waals surface area (Å²) >= 11 is 0. The lowest BCUT2D eigenvalue weighted by Crippen LogP contribution is -2.45. The topological polar surface area (TPSA) is 108 Å². The predicted molar refractivity (Wildman–Crippen MR) is 111 cm³/mol. The van der Waals surface area contributed by atoms with Crippen molar-refractivity contribution >= 4 is 21.6 Å². The van der Waals surface area contributed by atoms with Gasteiger partial charge in [0.2, 0.25) is 11.8 Å². The maximum Gasteiger partial charge on any atom is 0.389 e. The first kappa shape index (κ1) is 26.6. The third-order valence-electron chi connectivity index (χ3n) is 5.41. The molecule has 0 saturated carbocycles. The van der Waals surface area contributed by atoms with E-state index in [1.54, 1.807) is 0 Å². The minimum Gasteiger partial charge on any atom is -0.353 e. The second kappa shape index (κ2) is 10.1. The number of rotatable bonds is 10. The van der Waals surface area contributed by atoms with Crippen molar-refractivity contribution in [2.24, 2.45) is 0 Å². The number of amides is 1. The lowest BCUT2D eigenvalue weighted by atomic mass is 9.90. The maximum atomic E-state index is 12.6. The van der Waals surface area contributed by atoms with E-state index in [1.165, 1.54) is 6.07 Å². The summed E-state index contributed by atoms with van der Waals surface area (Å²) in [4.78, 5) is 12.6. The van der Waals surface area contributed by atoms with Gasteiger partial charge in [0.1, 0.15) is 4.75 Å². The molecule has 1 atom stereocenters. The van der Waals surface area contributed by atoms with Crippen molar-refractivity contribution in [3.8, 4) is 0 Å². The molecule has 0 spiro atoms. The molecule has 2 rings (SSSR count). The fourth-order valence-corrected chi connectivity index (χ4v) is 4.36. The van der Waals surface area contributed by atoms with Crippen LogP contribution >= 0.6 is 0 Å². The molecule has 0 bridgehead atoms. The third-order valence-corrected chi connectivity index (χ3v) is 7.97. The van der Waals surface area contributed by atoms with Crippen LogP contribution < -0.4 is 5.32 Å². The number of sulfone groups is 1. The van der Waals surface area contributed by atoms with E-state index in [9.17, 15) is 26.4 Å². The number of anilines is 1. The minimum absolute atomic E-state index is 0.0643. The highest BCUT2D eigenvalue weighted by atomic mass is 32.2. The minimum atomic E-state index is -4.46. The van der Waals surface area contributed by atoms with E-state index in [0.717, 1.165) is 33.1 Å². The Morgan fingerprint density at radius 3 is 2.53 bits per heavy atom. The molecule has 8 nitrogen and oxygen atoms in total. The van der Waals surface area contributed by atoms with Crippen molar-refractivity contribution in [1.82, 2.24) is 5.16 Å². The molecule has 1 unspecified atom stereocenters. The zero-order chi connectivity index (χ0) is 24.2. The molecule has 12 heteroatoms. The van der Waals surface area contributed by atoms with Gasteiger partial charge in [0.05, 0.1) is 18.1 Å². The van der Waals surface area contributed by atoms with Crippen LogP contribution in [-0.4, -0.2) is 55.7 Å². The highest BCUT2D eigenvalue weighted by molar-refractivity contribution is 7.93. The number of ether oxygens (including phenoxy) is 2. The first-order valence-electron chi connectivity index (χ1n) is 10.4. The monoisotopic (exact) mass is 484 g/mol. The lowest BCUT2D eigenvalue weighted by molar-refractivity contribution is -0.170. The Bertz CT molecular complexity index is 874. The van der Waals surface area contributed by atoms with Crippen LogP contribution in [0.5, 0.6) is 0 Å². The van der Waals surface area contributed by atoms with Gasteiger partial charge in [-0.3, -0.25) is 10.1 Å². The Morgan fingerprint density at radius 2 is 1.94 bits per heavy atom. The summed E-state index contributed by atoms with van der Waals surface area (Å²) in [7, 11) is -4.15. The number of carbonyl (C=O) groups excluding carboxylic acids is 1. The first-order chi connectivity index (χ1) is 14.6. The van der Waals surface area contributed by atoms with E-state index in [0.29, 0.717) is 12.3 Å². The Labute approximate surface area is 186 Å². The van der Waals surface area contributed by atoms with Gasteiger partial charge in [-0.25, -0.2) is 8.42 Å². The molecule has 1 aromatic heterocycles. The predicted octanol–water partition coefficient (Wildman–Crippen LogP) is 3.97. The van der Waals surface area contributed by atoms with Crippen molar-refractivity contribution in [3.05, 3.63) is 11.8 Å². The molecule has 0 radical (unpaired) electrons. The van der Waals surface area contributed by atoms with Crippen LogP contribution in [0.4, 0.5) is 19.1 Å². The zero-order valence-electron chi connectivity index (χ0n) is 18.8. The quantitative estimate of drug-likeness (QED) is 0.535. The lowest BCUT2D eigenvalue weighted by Gasteiger charge is -2.28. The van der Waals surface area contributed by atoms with E-state index in [4.69, 9.17) is 14.0 Å². The summed E-state index contributed by atoms with van der Waals surface area (Å²) in [6.45, 7) is 6.97. The second-order valence-corrected chi connectivity index (χ2v) is 11.7. The van der Waals surface area contributed by atoms with E-state index < -0.39 is 50.7 Å². The molecule has 1 aromatic rings. The van der Waals surface area contributed by atoms with Gasteiger partial charge < -0.3 is 14.0 Å². The summed E-state index contributed by atoms with van der Waals surface area (Å²) in [6, 6.07) is 1.47. The second-order valence-electron chi connectivity index (χ2n) is 9.07. The molecule has 0 aromatic carbocycles. The highest BCUT2D eigenvalue weighted by Crippen LogP contribution is 2.29. The number of halogens is 3. The van der Waals surface area contributed by atoms with Gasteiger partial charge in [-0.1, -0.05) is 19.0 Å². The number of carbonyl (C=O) groups is 1. The molecule has 184 valence electrons. The molecule has 1 aliphatic rings. The standard InChI is InChI=1S/C20H31F3N2O6S/c1-18(2,13-30-16-8-5-6-10-29-16)14-12-15(31-25-14)24-17(26)19(3,4)32(27,28)11-7-9-20(21,22)23/h12,16H,5-11,13H2,1-4H3,(H,24,26). The van der Waals surface area contributed by atoms with Crippen LogP contribution in [-0.2, 0) is 29.5 Å². The smallest absolute Gasteiger partial charge is 0.353 e. The van der Waals surface area contributed by atoms with E-state index >= 15 is 0 Å². The van der Waals surface area contributed by atoms with Gasteiger partial charge in [-0.2, -0.15) is 13.2 Å². The first-order valence-corrected chi connectivity index (χ1v) is 12.1. The Balaban J connectivity index is 1.97. The van der Waals surface area contributed by atoms with Crippen LogP contribution in [0.15, 0.2) is 10.6 Å². The molecule has 2 heterocycles. The van der Waals surface area contributed by atoms with Gasteiger partial charge in [0.15, 0.2) is 16.1 Å². The van der Waals surface area contributed by atoms with Crippen molar-refractivity contribution in [3.63, 3.8) is 0 Å². The summed E-state index contributed by atoms with van der Waals surface area (Å²) < 4.78 is 76.4. The molecule has 0 aliphatic carbocycles. The van der Waals surface area contributed by atoms with Crippen LogP contribution in [0.1, 0.15) is 65.5 Å². The number of nitrogens with zero attached hydrogens (tertiary/aromatic N) is 1. The van der Waals surface area contributed by atoms with Gasteiger partial charge in [-0.15, -0.1) is 0 Å². The van der Waals surface area contributed by atoms with Crippen LogP contribution in [0, 0.1) is 0 Å². The number of hydrogen-bond acceptors (Lipinski definition) is 7. The molecule has 1 amide bonds. The van der Waals surface area contributed by atoms with E-state index in [2.05, 4.69) is 10.5 Å². The Hall–Kier alpha value is -1.66. The van der Waals surface area contributed by atoms with Crippen molar-refractivity contribution in [2.75, 3.05) is 24.3 Å². The zero-order valence-corrected chi connectivity index (χ0v) is 19.6. The molecule has 1 aliphatic heterocycles. The Kier molecular flexibility index (Phi) is 8.38. The fourth-order valence-electron chi connectivity index (χ4n) is 2.99. The van der Waals surface area contributed by atoms with Gasteiger partial charge >= 0.3 is 6.18 Å². The summed E-state index contributed by atoms with van der Waals surface area (Å²) in [5.74, 6) is -1.75. The third kappa shape index (κ3) is 7.17. The van der Waals surface area contributed by atoms with Crippen LogP contribution in [0.3, 0.4) is 0 Å². The van der Waals surface area contributed by atoms with Gasteiger partial charge in [-0.05, 0) is 39.5 Å².